The Balaban J connectivity index is 1.41. The molecule has 1 heterocycles. The van der Waals surface area contributed by atoms with Gasteiger partial charge in [0.25, 0.3) is 0 Å². The molecule has 0 spiro atoms. The second-order valence-corrected chi connectivity index (χ2v) is 6.55. The zero-order valence-corrected chi connectivity index (χ0v) is 13.3. The maximum absolute atomic E-state index is 12.1. The number of carbonyl (C=O) groups is 1. The van der Waals surface area contributed by atoms with Gasteiger partial charge in [-0.3, -0.25) is 0 Å². The minimum atomic E-state index is 0.0325. The standard InChI is InChI=1S/C18H27N3O/c22-18(19-15-7-3-1-4-8-15)20-16-11-13-21(14-12-16)17-9-5-2-6-10-17/h2,5-6,9-10,15-16H,1,3-4,7-8,11-14H2,(H2,19,20,22). The molecule has 1 aliphatic heterocycles. The minimum absolute atomic E-state index is 0.0325. The van der Waals surface area contributed by atoms with Crippen molar-refractivity contribution in [2.24, 2.45) is 0 Å². The molecule has 1 aromatic carbocycles. The fourth-order valence-corrected chi connectivity index (χ4v) is 3.58. The molecule has 22 heavy (non-hydrogen) atoms. The normalized spacial score (nSPS) is 20.6. The monoisotopic (exact) mass is 301 g/mol. The zero-order chi connectivity index (χ0) is 15.2. The fourth-order valence-electron chi connectivity index (χ4n) is 3.58. The molecule has 2 aliphatic rings. The van der Waals surface area contributed by atoms with Crippen molar-refractivity contribution in [3.63, 3.8) is 0 Å². The Morgan fingerprint density at radius 2 is 1.45 bits per heavy atom. The summed E-state index contributed by atoms with van der Waals surface area (Å²) in [5.41, 5.74) is 1.28. The van der Waals surface area contributed by atoms with Crippen molar-refractivity contribution in [1.29, 1.82) is 0 Å². The smallest absolute Gasteiger partial charge is 0.315 e. The molecular weight excluding hydrogens is 274 g/mol. The highest BCUT2D eigenvalue weighted by Crippen LogP contribution is 2.20. The van der Waals surface area contributed by atoms with E-state index in [1.807, 2.05) is 6.07 Å². The predicted molar refractivity (Wildman–Crippen MR) is 90.2 cm³/mol. The van der Waals surface area contributed by atoms with Crippen LogP contribution >= 0.6 is 0 Å². The molecule has 2 fully saturated rings. The highest BCUT2D eigenvalue weighted by Gasteiger charge is 2.22. The molecule has 0 bridgehead atoms. The third-order valence-electron chi connectivity index (χ3n) is 4.89. The topological polar surface area (TPSA) is 44.4 Å². The molecule has 2 N–H and O–H groups in total. The Bertz CT molecular complexity index is 462. The first-order valence-electron chi connectivity index (χ1n) is 8.68. The van der Waals surface area contributed by atoms with E-state index < -0.39 is 0 Å². The van der Waals surface area contributed by atoms with Gasteiger partial charge < -0.3 is 15.5 Å². The Hall–Kier alpha value is -1.71. The first-order valence-corrected chi connectivity index (χ1v) is 8.68. The van der Waals surface area contributed by atoms with Crippen LogP contribution in [0.25, 0.3) is 0 Å². The van der Waals surface area contributed by atoms with Crippen LogP contribution in [-0.4, -0.2) is 31.2 Å². The van der Waals surface area contributed by atoms with Crippen molar-refractivity contribution in [3.8, 4) is 0 Å². The second-order valence-electron chi connectivity index (χ2n) is 6.55. The molecule has 0 atom stereocenters. The van der Waals surface area contributed by atoms with Crippen molar-refractivity contribution >= 4 is 11.7 Å². The zero-order valence-electron chi connectivity index (χ0n) is 13.3. The number of anilines is 1. The lowest BCUT2D eigenvalue weighted by Crippen LogP contribution is -2.50. The Labute approximate surface area is 133 Å². The molecule has 2 amide bonds. The summed E-state index contributed by atoms with van der Waals surface area (Å²) < 4.78 is 0. The third-order valence-corrected chi connectivity index (χ3v) is 4.89. The number of piperidine rings is 1. The lowest BCUT2D eigenvalue weighted by Gasteiger charge is -2.34. The fraction of sp³-hybridized carbons (Fsp3) is 0.611. The number of hydrogen-bond donors (Lipinski definition) is 2. The molecule has 0 aromatic heterocycles. The van der Waals surface area contributed by atoms with Gasteiger partial charge in [0.2, 0.25) is 0 Å². The van der Waals surface area contributed by atoms with Gasteiger partial charge in [-0.2, -0.15) is 0 Å². The lowest BCUT2D eigenvalue weighted by atomic mass is 9.96. The molecule has 0 unspecified atom stereocenters. The van der Waals surface area contributed by atoms with E-state index in [2.05, 4.69) is 39.8 Å². The van der Waals surface area contributed by atoms with Crippen LogP contribution in [-0.2, 0) is 0 Å². The van der Waals surface area contributed by atoms with E-state index >= 15 is 0 Å². The summed E-state index contributed by atoms with van der Waals surface area (Å²) in [4.78, 5) is 14.5. The van der Waals surface area contributed by atoms with E-state index in [0.717, 1.165) is 38.8 Å². The highest BCUT2D eigenvalue weighted by molar-refractivity contribution is 5.74. The van der Waals surface area contributed by atoms with Crippen LogP contribution in [0.1, 0.15) is 44.9 Å². The number of para-hydroxylation sites is 1. The molecule has 1 aliphatic carbocycles. The lowest BCUT2D eigenvalue weighted by molar-refractivity contribution is 0.226. The van der Waals surface area contributed by atoms with Crippen molar-refractivity contribution in [2.75, 3.05) is 18.0 Å². The molecule has 1 aromatic rings. The number of nitrogens with one attached hydrogen (secondary N) is 2. The van der Waals surface area contributed by atoms with Crippen LogP contribution in [0.4, 0.5) is 10.5 Å². The molecular formula is C18H27N3O. The molecule has 1 saturated carbocycles. The molecule has 1 saturated heterocycles. The number of rotatable bonds is 3. The average molecular weight is 301 g/mol. The molecule has 4 nitrogen and oxygen atoms in total. The molecule has 4 heteroatoms. The molecule has 3 rings (SSSR count). The van der Waals surface area contributed by atoms with Crippen LogP contribution in [0.15, 0.2) is 30.3 Å². The largest absolute Gasteiger partial charge is 0.371 e. The van der Waals surface area contributed by atoms with Crippen LogP contribution in [0.5, 0.6) is 0 Å². The van der Waals surface area contributed by atoms with Crippen molar-refractivity contribution in [2.45, 2.75) is 57.0 Å². The van der Waals surface area contributed by atoms with Crippen molar-refractivity contribution in [1.82, 2.24) is 10.6 Å². The van der Waals surface area contributed by atoms with Gasteiger partial charge in [-0.1, -0.05) is 37.5 Å². The maximum Gasteiger partial charge on any atom is 0.315 e. The summed E-state index contributed by atoms with van der Waals surface area (Å²) in [6.45, 7) is 2.02. The van der Waals surface area contributed by atoms with Crippen LogP contribution < -0.4 is 15.5 Å². The first-order chi connectivity index (χ1) is 10.8. The summed E-state index contributed by atoms with van der Waals surface area (Å²) in [5, 5.41) is 6.31. The van der Waals surface area contributed by atoms with Crippen LogP contribution in [0.3, 0.4) is 0 Å². The number of benzene rings is 1. The summed E-state index contributed by atoms with van der Waals surface area (Å²) in [6, 6.07) is 11.3. The summed E-state index contributed by atoms with van der Waals surface area (Å²) in [7, 11) is 0. The van der Waals surface area contributed by atoms with Crippen LogP contribution in [0.2, 0.25) is 0 Å². The quantitative estimate of drug-likeness (QED) is 0.900. The van der Waals surface area contributed by atoms with E-state index in [9.17, 15) is 4.79 Å². The average Bonchev–Trinajstić information content (AvgIpc) is 2.57. The van der Waals surface area contributed by atoms with E-state index in [-0.39, 0.29) is 6.03 Å². The van der Waals surface area contributed by atoms with Crippen molar-refractivity contribution < 1.29 is 4.79 Å². The van der Waals surface area contributed by atoms with E-state index in [1.165, 1.54) is 24.9 Å². The van der Waals surface area contributed by atoms with Gasteiger partial charge in [0.1, 0.15) is 0 Å². The SMILES string of the molecule is O=C(NC1CCCCC1)NC1CCN(c2ccccc2)CC1. The number of amides is 2. The van der Waals surface area contributed by atoms with Gasteiger partial charge in [-0.15, -0.1) is 0 Å². The Morgan fingerprint density at radius 1 is 0.864 bits per heavy atom. The minimum Gasteiger partial charge on any atom is -0.371 e. The maximum atomic E-state index is 12.1. The first kappa shape index (κ1) is 15.2. The van der Waals surface area contributed by atoms with Gasteiger partial charge in [0, 0.05) is 30.9 Å². The Morgan fingerprint density at radius 3 is 2.09 bits per heavy atom. The summed E-state index contributed by atoms with van der Waals surface area (Å²) >= 11 is 0. The molecule has 0 radical (unpaired) electrons. The third kappa shape index (κ3) is 4.15. The van der Waals surface area contributed by atoms with Gasteiger partial charge in [0.05, 0.1) is 0 Å². The second kappa shape index (κ2) is 7.52. The predicted octanol–water partition coefficient (Wildman–Crippen LogP) is 3.29. The van der Waals surface area contributed by atoms with E-state index in [1.54, 1.807) is 0 Å². The van der Waals surface area contributed by atoms with Crippen LogP contribution in [0, 0.1) is 0 Å². The van der Waals surface area contributed by atoms with Gasteiger partial charge in [-0.25, -0.2) is 4.79 Å². The van der Waals surface area contributed by atoms with Crippen molar-refractivity contribution in [3.05, 3.63) is 30.3 Å². The summed E-state index contributed by atoms with van der Waals surface area (Å²) in [6.07, 6.45) is 8.14. The van der Waals surface area contributed by atoms with Gasteiger partial charge >= 0.3 is 6.03 Å². The van der Waals surface area contributed by atoms with Gasteiger partial charge in [-0.05, 0) is 37.8 Å². The Kier molecular flexibility index (Phi) is 5.20. The summed E-state index contributed by atoms with van der Waals surface area (Å²) in [5.74, 6) is 0. The van der Waals surface area contributed by atoms with Gasteiger partial charge in [0.15, 0.2) is 0 Å². The number of nitrogens with zero attached hydrogens (tertiary/aromatic N) is 1. The molecule has 120 valence electrons. The number of carbonyl (C=O) groups excluding carboxylic acids is 1. The van der Waals surface area contributed by atoms with E-state index in [0.29, 0.717) is 12.1 Å². The van der Waals surface area contributed by atoms with E-state index in [4.69, 9.17) is 0 Å². The highest BCUT2D eigenvalue weighted by atomic mass is 16.2. The number of hydrogen-bond acceptors (Lipinski definition) is 2. The number of urea groups is 1.